The van der Waals surface area contributed by atoms with Crippen LogP contribution < -0.4 is 4.90 Å². The highest BCUT2D eigenvalue weighted by molar-refractivity contribution is 5.69. The van der Waals surface area contributed by atoms with Crippen molar-refractivity contribution in [2.24, 2.45) is 0 Å². The maximum absolute atomic E-state index is 13.3. The fraction of sp³-hybridized carbons (Fsp3) is 0.417. The third kappa shape index (κ3) is 5.04. The summed E-state index contributed by atoms with van der Waals surface area (Å²) in [6.07, 6.45) is -8.85. The molecule has 1 N–H and O–H groups in total. The number of benzene rings is 2. The molecule has 9 heteroatoms. The average molecular weight is 472 g/mol. The molecule has 3 rings (SSSR count). The van der Waals surface area contributed by atoms with Gasteiger partial charge in [0.25, 0.3) is 5.60 Å². The molecule has 1 heterocycles. The normalized spacial score (nSPS) is 18.8. The number of halogens is 6. The van der Waals surface area contributed by atoms with E-state index < -0.39 is 23.5 Å². The molecule has 0 aliphatic carbocycles. The summed E-state index contributed by atoms with van der Waals surface area (Å²) >= 11 is 0. The van der Waals surface area contributed by atoms with Crippen molar-refractivity contribution >= 4 is 11.8 Å². The average Bonchev–Trinajstić information content (AvgIpc) is 2.74. The predicted octanol–water partition coefficient (Wildman–Crippen LogP) is 5.74. The lowest BCUT2D eigenvalue weighted by Crippen LogP contribution is -2.54. The van der Waals surface area contributed by atoms with Crippen LogP contribution in [0.2, 0.25) is 0 Å². The summed E-state index contributed by atoms with van der Waals surface area (Å²) in [5.74, 6) is 0. The van der Waals surface area contributed by atoms with E-state index in [9.17, 15) is 31.4 Å². The molecule has 0 amide bonds. The van der Waals surface area contributed by atoms with Crippen LogP contribution in [-0.2, 0) is 12.1 Å². The van der Waals surface area contributed by atoms with Crippen molar-refractivity contribution in [2.75, 3.05) is 24.5 Å². The van der Waals surface area contributed by atoms with Gasteiger partial charge in [0.15, 0.2) is 0 Å². The molecule has 0 aromatic heterocycles. The van der Waals surface area contributed by atoms with E-state index in [0.717, 1.165) is 18.2 Å². The Morgan fingerprint density at radius 1 is 0.970 bits per heavy atom. The first-order valence-electron chi connectivity index (χ1n) is 10.5. The Hall–Kier alpha value is -2.52. The molecular formula is C24H26F6N2O. The third-order valence-electron chi connectivity index (χ3n) is 5.95. The number of anilines is 1. The minimum atomic E-state index is -5.92. The summed E-state index contributed by atoms with van der Waals surface area (Å²) in [5.41, 5.74) is -4.33. The molecule has 2 aromatic rings. The number of piperazine rings is 1. The van der Waals surface area contributed by atoms with Gasteiger partial charge >= 0.3 is 12.4 Å². The predicted molar refractivity (Wildman–Crippen MR) is 116 cm³/mol. The first kappa shape index (κ1) is 25.1. The fourth-order valence-corrected chi connectivity index (χ4v) is 4.14. The van der Waals surface area contributed by atoms with E-state index in [4.69, 9.17) is 0 Å². The Morgan fingerprint density at radius 2 is 1.61 bits per heavy atom. The number of nitrogens with zero attached hydrogens (tertiary/aromatic N) is 2. The van der Waals surface area contributed by atoms with Crippen LogP contribution in [0.25, 0.3) is 6.08 Å². The van der Waals surface area contributed by atoms with Crippen LogP contribution in [0.5, 0.6) is 0 Å². The van der Waals surface area contributed by atoms with Crippen LogP contribution >= 0.6 is 0 Å². The van der Waals surface area contributed by atoms with Crippen molar-refractivity contribution < 1.29 is 31.4 Å². The van der Waals surface area contributed by atoms with Gasteiger partial charge in [-0.15, -0.1) is 0 Å². The zero-order chi connectivity index (χ0) is 24.4. The van der Waals surface area contributed by atoms with Gasteiger partial charge in [-0.3, -0.25) is 4.90 Å². The van der Waals surface area contributed by atoms with Gasteiger partial charge in [-0.1, -0.05) is 48.6 Å². The van der Waals surface area contributed by atoms with Gasteiger partial charge in [0, 0.05) is 43.5 Å². The monoisotopic (exact) mass is 472 g/mol. The summed E-state index contributed by atoms with van der Waals surface area (Å²) in [6, 6.07) is 12.8. The fourth-order valence-electron chi connectivity index (χ4n) is 4.14. The summed E-state index contributed by atoms with van der Waals surface area (Å²) < 4.78 is 80.0. The van der Waals surface area contributed by atoms with Crippen molar-refractivity contribution in [1.29, 1.82) is 0 Å². The van der Waals surface area contributed by atoms with Crippen LogP contribution in [0.1, 0.15) is 30.5 Å². The Bertz CT molecular complexity index is 957. The topological polar surface area (TPSA) is 26.7 Å². The van der Waals surface area contributed by atoms with E-state index in [0.29, 0.717) is 31.4 Å². The molecule has 0 radical (unpaired) electrons. The van der Waals surface area contributed by atoms with Crippen LogP contribution in [0.15, 0.2) is 54.6 Å². The first-order chi connectivity index (χ1) is 15.4. The molecule has 0 spiro atoms. The number of hydrogen-bond acceptors (Lipinski definition) is 3. The summed E-state index contributed by atoms with van der Waals surface area (Å²) in [4.78, 5) is 4.23. The van der Waals surface area contributed by atoms with E-state index in [-0.39, 0.29) is 11.6 Å². The van der Waals surface area contributed by atoms with E-state index >= 15 is 0 Å². The van der Waals surface area contributed by atoms with Gasteiger partial charge in [-0.2, -0.15) is 26.3 Å². The molecule has 1 aliphatic rings. The Balaban J connectivity index is 1.89. The molecule has 3 nitrogen and oxygen atoms in total. The van der Waals surface area contributed by atoms with E-state index in [1.165, 1.54) is 18.2 Å². The minimum absolute atomic E-state index is 0.111. The van der Waals surface area contributed by atoms with Gasteiger partial charge in [0.05, 0.1) is 0 Å². The summed E-state index contributed by atoms with van der Waals surface area (Å²) in [5, 5.41) is 9.77. The van der Waals surface area contributed by atoms with Crippen molar-refractivity contribution in [3.05, 3.63) is 71.3 Å². The van der Waals surface area contributed by atoms with Crippen molar-refractivity contribution in [3.8, 4) is 0 Å². The van der Waals surface area contributed by atoms with Gasteiger partial charge in [-0.05, 0) is 37.1 Å². The zero-order valence-electron chi connectivity index (χ0n) is 18.3. The quantitative estimate of drug-likeness (QED) is 0.562. The lowest BCUT2D eigenvalue weighted by atomic mass is 9.90. The first-order valence-corrected chi connectivity index (χ1v) is 10.5. The second-order valence-electron chi connectivity index (χ2n) is 8.23. The summed E-state index contributed by atoms with van der Waals surface area (Å²) in [7, 11) is 0. The smallest absolute Gasteiger partial charge is 0.369 e. The van der Waals surface area contributed by atoms with Gasteiger partial charge in [-0.25, -0.2) is 0 Å². The van der Waals surface area contributed by atoms with Gasteiger partial charge in [0.1, 0.15) is 0 Å². The molecule has 1 fully saturated rings. The Labute approximate surface area is 188 Å². The number of aliphatic hydroxyl groups is 1. The Kier molecular flexibility index (Phi) is 7.14. The number of rotatable bonds is 5. The maximum atomic E-state index is 13.3. The third-order valence-corrected chi connectivity index (χ3v) is 5.95. The molecule has 0 unspecified atom stereocenters. The molecule has 0 saturated carbocycles. The van der Waals surface area contributed by atoms with E-state index in [2.05, 4.69) is 4.90 Å². The SMILES string of the molecule is CC=Cc1cc(C(O)(C(F)(F)F)C(F)(F)F)ccc1N1CCN(Cc2ccccc2)[C@H](C)C1. The maximum Gasteiger partial charge on any atom is 0.430 e. The van der Waals surface area contributed by atoms with E-state index in [1.54, 1.807) is 6.92 Å². The molecule has 180 valence electrons. The van der Waals surface area contributed by atoms with Crippen molar-refractivity contribution in [1.82, 2.24) is 4.90 Å². The van der Waals surface area contributed by atoms with Crippen LogP contribution in [0.4, 0.5) is 32.0 Å². The molecule has 1 saturated heterocycles. The number of alkyl halides is 6. The Morgan fingerprint density at radius 3 is 2.15 bits per heavy atom. The van der Waals surface area contributed by atoms with Gasteiger partial charge in [0.2, 0.25) is 0 Å². The molecule has 1 aliphatic heterocycles. The van der Waals surface area contributed by atoms with Gasteiger partial charge < -0.3 is 10.0 Å². The second kappa shape index (κ2) is 9.38. The van der Waals surface area contributed by atoms with Crippen LogP contribution in [0.3, 0.4) is 0 Å². The largest absolute Gasteiger partial charge is 0.430 e. The van der Waals surface area contributed by atoms with Crippen LogP contribution in [0, 0.1) is 0 Å². The molecule has 33 heavy (non-hydrogen) atoms. The highest BCUT2D eigenvalue weighted by atomic mass is 19.4. The zero-order valence-corrected chi connectivity index (χ0v) is 18.3. The molecule has 2 aromatic carbocycles. The molecule has 0 bridgehead atoms. The highest BCUT2D eigenvalue weighted by Crippen LogP contribution is 2.50. The lowest BCUT2D eigenvalue weighted by molar-refractivity contribution is -0.376. The summed E-state index contributed by atoms with van der Waals surface area (Å²) in [6.45, 7) is 6.20. The van der Waals surface area contributed by atoms with E-state index in [1.807, 2.05) is 42.2 Å². The van der Waals surface area contributed by atoms with Crippen molar-refractivity contribution in [3.63, 3.8) is 0 Å². The number of hydrogen-bond donors (Lipinski definition) is 1. The van der Waals surface area contributed by atoms with Crippen LogP contribution in [-0.4, -0.2) is 48.0 Å². The number of allylic oxidation sites excluding steroid dienone is 1. The molecule has 1 atom stereocenters. The highest BCUT2D eigenvalue weighted by Gasteiger charge is 2.71. The minimum Gasteiger partial charge on any atom is -0.369 e. The second-order valence-corrected chi connectivity index (χ2v) is 8.23. The molecular weight excluding hydrogens is 446 g/mol. The lowest BCUT2D eigenvalue weighted by Gasteiger charge is -2.42. The van der Waals surface area contributed by atoms with Crippen molar-refractivity contribution in [2.45, 2.75) is 44.4 Å². The standard InChI is InChI=1S/C24H26F6N2O/c1-3-7-19-14-20(22(33,23(25,26)27)24(28,29)30)10-11-21(19)32-13-12-31(17(2)15-32)16-18-8-5-4-6-9-18/h3-11,14,17,33H,12-13,15-16H2,1-2H3/t17-/m1/s1.